The van der Waals surface area contributed by atoms with Crippen LogP contribution in [0, 0.1) is 0 Å². The number of aliphatic hydroxyl groups excluding tert-OH is 1. The van der Waals surface area contributed by atoms with Crippen LogP contribution in [0.25, 0.3) is 0 Å². The van der Waals surface area contributed by atoms with Crippen LogP contribution in [-0.2, 0) is 4.74 Å². The van der Waals surface area contributed by atoms with E-state index in [0.29, 0.717) is 12.1 Å². The summed E-state index contributed by atoms with van der Waals surface area (Å²) in [6.45, 7) is 19.3. The molecule has 2 N–H and O–H groups in total. The molecule has 4 nitrogen and oxygen atoms in total. The second-order valence-electron chi connectivity index (χ2n) is 8.60. The highest BCUT2D eigenvalue weighted by Gasteiger charge is 2.40. The van der Waals surface area contributed by atoms with Gasteiger partial charge in [-0.15, -0.1) is 0 Å². The normalized spacial score (nSPS) is 26.6. The first kappa shape index (κ1) is 18.9. The third-order valence-corrected chi connectivity index (χ3v) is 4.08. The summed E-state index contributed by atoms with van der Waals surface area (Å²) in [5.74, 6) is 0. The number of hydrogen-bond acceptors (Lipinski definition) is 4. The van der Waals surface area contributed by atoms with E-state index in [1.165, 1.54) is 0 Å². The van der Waals surface area contributed by atoms with Gasteiger partial charge in [0, 0.05) is 30.7 Å². The predicted molar refractivity (Wildman–Crippen MR) is 88.7 cm³/mol. The number of rotatable bonds is 6. The van der Waals surface area contributed by atoms with E-state index in [-0.39, 0.29) is 23.3 Å². The summed E-state index contributed by atoms with van der Waals surface area (Å²) in [5.41, 5.74) is -0.492. The zero-order valence-electron chi connectivity index (χ0n) is 15.3. The molecular weight excluding hydrogens is 264 g/mol. The molecule has 1 rings (SSSR count). The van der Waals surface area contributed by atoms with Gasteiger partial charge in [-0.1, -0.05) is 13.8 Å². The third-order valence-electron chi connectivity index (χ3n) is 4.08. The Bertz CT molecular complexity index is 326. The predicted octanol–water partition coefficient (Wildman–Crippen LogP) is 2.40. The number of aliphatic hydroxyl groups is 1. The fourth-order valence-electron chi connectivity index (χ4n) is 3.81. The molecule has 0 radical (unpaired) electrons. The van der Waals surface area contributed by atoms with Crippen molar-refractivity contribution >= 4 is 0 Å². The molecule has 2 unspecified atom stereocenters. The molecule has 1 aliphatic heterocycles. The van der Waals surface area contributed by atoms with Gasteiger partial charge in [-0.3, -0.25) is 4.90 Å². The summed E-state index contributed by atoms with van der Waals surface area (Å²) in [7, 11) is 0. The van der Waals surface area contributed by atoms with Crippen LogP contribution in [0.15, 0.2) is 0 Å². The van der Waals surface area contributed by atoms with Gasteiger partial charge >= 0.3 is 0 Å². The average Bonchev–Trinajstić information content (AvgIpc) is 2.23. The minimum atomic E-state index is -0.236. The third kappa shape index (κ3) is 5.85. The number of hydrogen-bond donors (Lipinski definition) is 2. The molecule has 1 heterocycles. The number of morpholine rings is 1. The van der Waals surface area contributed by atoms with Gasteiger partial charge in [0.2, 0.25) is 0 Å². The van der Waals surface area contributed by atoms with Crippen molar-refractivity contribution in [2.24, 2.45) is 0 Å². The van der Waals surface area contributed by atoms with E-state index in [9.17, 15) is 5.11 Å². The van der Waals surface area contributed by atoms with Gasteiger partial charge in [-0.05, 0) is 48.0 Å². The Morgan fingerprint density at radius 1 is 1.14 bits per heavy atom. The van der Waals surface area contributed by atoms with E-state index < -0.39 is 0 Å². The molecule has 0 amide bonds. The lowest BCUT2D eigenvalue weighted by atomic mass is 9.90. The van der Waals surface area contributed by atoms with Crippen LogP contribution in [-0.4, -0.2) is 58.5 Å². The summed E-state index contributed by atoms with van der Waals surface area (Å²) in [4.78, 5) is 2.50. The van der Waals surface area contributed by atoms with Crippen molar-refractivity contribution in [3.05, 3.63) is 0 Å². The molecule has 0 bridgehead atoms. The Labute approximate surface area is 131 Å². The van der Waals surface area contributed by atoms with Crippen LogP contribution in [0.1, 0.15) is 61.8 Å². The monoisotopic (exact) mass is 300 g/mol. The van der Waals surface area contributed by atoms with Gasteiger partial charge < -0.3 is 15.2 Å². The lowest BCUT2D eigenvalue weighted by molar-refractivity contribution is -0.188. The minimum Gasteiger partial charge on any atom is -0.394 e. The molecule has 0 spiro atoms. The van der Waals surface area contributed by atoms with Crippen molar-refractivity contribution in [1.29, 1.82) is 0 Å². The lowest BCUT2D eigenvalue weighted by Gasteiger charge is -2.50. The molecule has 0 aliphatic carbocycles. The van der Waals surface area contributed by atoms with Crippen LogP contribution in [0.3, 0.4) is 0 Å². The van der Waals surface area contributed by atoms with Crippen molar-refractivity contribution in [3.8, 4) is 0 Å². The summed E-state index contributed by atoms with van der Waals surface area (Å²) in [6.07, 6.45) is 0.924. The second kappa shape index (κ2) is 6.53. The van der Waals surface area contributed by atoms with Crippen molar-refractivity contribution in [1.82, 2.24) is 10.2 Å². The molecule has 1 saturated heterocycles. The molecule has 0 aromatic heterocycles. The maximum atomic E-state index is 9.78. The van der Waals surface area contributed by atoms with Crippen molar-refractivity contribution < 1.29 is 9.84 Å². The fraction of sp³-hybridized carbons (Fsp3) is 1.00. The quantitative estimate of drug-likeness (QED) is 0.791. The highest BCUT2D eigenvalue weighted by Crippen LogP contribution is 2.30. The van der Waals surface area contributed by atoms with E-state index in [4.69, 9.17) is 4.74 Å². The van der Waals surface area contributed by atoms with E-state index in [1.807, 2.05) is 0 Å². The molecule has 0 aromatic carbocycles. The highest BCUT2D eigenvalue weighted by molar-refractivity contribution is 4.94. The van der Waals surface area contributed by atoms with Gasteiger partial charge in [0.1, 0.15) is 0 Å². The standard InChI is InChI=1S/C17H36N2O2/c1-13(2)18-17(8,12-20)9-14(3)19-10-15(4,5)21-16(6,7)11-19/h13-14,18,20H,9-12H2,1-8H3. The molecule has 0 saturated carbocycles. The van der Waals surface area contributed by atoms with Gasteiger partial charge in [-0.25, -0.2) is 0 Å². The van der Waals surface area contributed by atoms with Crippen LogP contribution in [0.4, 0.5) is 0 Å². The molecule has 0 aromatic rings. The summed E-state index contributed by atoms with van der Waals surface area (Å²) < 4.78 is 6.16. The number of nitrogens with zero attached hydrogens (tertiary/aromatic N) is 1. The Morgan fingerprint density at radius 3 is 2.00 bits per heavy atom. The molecule has 4 heteroatoms. The van der Waals surface area contributed by atoms with E-state index in [1.54, 1.807) is 0 Å². The number of nitrogens with one attached hydrogen (secondary N) is 1. The molecule has 1 aliphatic rings. The van der Waals surface area contributed by atoms with E-state index in [0.717, 1.165) is 19.5 Å². The van der Waals surface area contributed by atoms with E-state index in [2.05, 4.69) is 65.6 Å². The zero-order chi connectivity index (χ0) is 16.5. The van der Waals surface area contributed by atoms with Crippen LogP contribution in [0.2, 0.25) is 0 Å². The maximum absolute atomic E-state index is 9.78. The van der Waals surface area contributed by atoms with E-state index >= 15 is 0 Å². The highest BCUT2D eigenvalue weighted by atomic mass is 16.5. The van der Waals surface area contributed by atoms with Gasteiger partial charge in [0.25, 0.3) is 0 Å². The summed E-state index contributed by atoms with van der Waals surface area (Å²) >= 11 is 0. The molecule has 2 atom stereocenters. The SMILES string of the molecule is CC(C)NC(C)(CO)CC(C)N1CC(C)(C)OC(C)(C)C1. The van der Waals surface area contributed by atoms with Crippen LogP contribution >= 0.6 is 0 Å². The Hall–Kier alpha value is -0.160. The summed E-state index contributed by atoms with van der Waals surface area (Å²) in [5, 5.41) is 13.3. The first-order valence-electron chi connectivity index (χ1n) is 8.21. The fourth-order valence-corrected chi connectivity index (χ4v) is 3.81. The number of ether oxygens (including phenoxy) is 1. The summed E-state index contributed by atoms with van der Waals surface area (Å²) in [6, 6.07) is 0.766. The first-order valence-corrected chi connectivity index (χ1v) is 8.21. The largest absolute Gasteiger partial charge is 0.394 e. The van der Waals surface area contributed by atoms with Crippen molar-refractivity contribution in [2.45, 2.75) is 90.6 Å². The maximum Gasteiger partial charge on any atom is 0.0760 e. The van der Waals surface area contributed by atoms with Gasteiger partial charge in [-0.2, -0.15) is 0 Å². The van der Waals surface area contributed by atoms with Crippen LogP contribution in [0.5, 0.6) is 0 Å². The van der Waals surface area contributed by atoms with Crippen LogP contribution < -0.4 is 5.32 Å². The molecular formula is C17H36N2O2. The molecule has 1 fully saturated rings. The van der Waals surface area contributed by atoms with Gasteiger partial charge in [0.15, 0.2) is 0 Å². The minimum absolute atomic E-state index is 0.128. The lowest BCUT2D eigenvalue weighted by Crippen LogP contribution is -2.61. The Balaban J connectivity index is 2.75. The topological polar surface area (TPSA) is 44.7 Å². The molecule has 126 valence electrons. The van der Waals surface area contributed by atoms with Crippen molar-refractivity contribution in [2.75, 3.05) is 19.7 Å². The average molecular weight is 300 g/mol. The van der Waals surface area contributed by atoms with Crippen molar-refractivity contribution in [3.63, 3.8) is 0 Å². The second-order valence-corrected chi connectivity index (χ2v) is 8.60. The smallest absolute Gasteiger partial charge is 0.0760 e. The first-order chi connectivity index (χ1) is 9.38. The Morgan fingerprint density at radius 2 is 1.62 bits per heavy atom. The zero-order valence-corrected chi connectivity index (χ0v) is 15.3. The Kier molecular flexibility index (Phi) is 5.87. The molecule has 21 heavy (non-hydrogen) atoms. The van der Waals surface area contributed by atoms with Gasteiger partial charge in [0.05, 0.1) is 17.8 Å².